The molecule has 0 aliphatic heterocycles. The topological polar surface area (TPSA) is 37.5 Å². The maximum absolute atomic E-state index is 9.52. The van der Waals surface area contributed by atoms with Crippen LogP contribution < -0.4 is 0 Å². The maximum atomic E-state index is 9.52. The minimum Gasteiger partial charge on any atom is -0.390 e. The number of nitrogens with zero attached hydrogens (tertiary/aromatic N) is 2. The molecule has 0 amide bonds. The molecule has 0 saturated heterocycles. The first-order valence-corrected chi connectivity index (χ1v) is 7.34. The van der Waals surface area contributed by atoms with Crippen molar-refractivity contribution in [3.8, 4) is 0 Å². The summed E-state index contributed by atoms with van der Waals surface area (Å²) in [5.41, 5.74) is 7.34. The number of aromatic nitrogens is 2. The molecule has 0 fully saturated rings. The van der Waals surface area contributed by atoms with Crippen molar-refractivity contribution in [3.63, 3.8) is 0 Å². The Balaban J connectivity index is 1.90. The lowest BCUT2D eigenvalue weighted by molar-refractivity contribution is 0.275. The van der Waals surface area contributed by atoms with Gasteiger partial charge >= 0.3 is 0 Å². The minimum absolute atomic E-state index is 0.00421. The molecule has 2 heterocycles. The van der Waals surface area contributed by atoms with Crippen LogP contribution in [0.2, 0.25) is 0 Å². The summed E-state index contributed by atoms with van der Waals surface area (Å²) >= 11 is 0. The number of hydrogen-bond acceptors (Lipinski definition) is 2. The molecule has 3 nitrogen and oxygen atoms in total. The Kier molecular flexibility index (Phi) is 2.94. The third-order valence-electron chi connectivity index (χ3n) is 4.15. The highest BCUT2D eigenvalue weighted by Crippen LogP contribution is 2.31. The molecule has 22 heavy (non-hydrogen) atoms. The molecule has 1 N–H and O–H groups in total. The molecule has 0 saturated carbocycles. The van der Waals surface area contributed by atoms with Gasteiger partial charge in [0.1, 0.15) is 5.65 Å². The molecule has 3 aromatic rings. The zero-order valence-electron chi connectivity index (χ0n) is 12.3. The standard InChI is InChI=1S/C19H16N2O/c1-13-18(12-22)21-10-4-6-16(19(21)20-13)11-15-9-8-14-5-2-3-7-17(14)15/h2-11,22H,12H2,1H3/b15-11+. The molecule has 1 aromatic carbocycles. The average molecular weight is 288 g/mol. The van der Waals surface area contributed by atoms with E-state index < -0.39 is 0 Å². The molecule has 1 aliphatic rings. The number of fused-ring (bicyclic) bond motifs is 2. The molecule has 0 atom stereocenters. The average Bonchev–Trinajstić information content (AvgIpc) is 3.08. The van der Waals surface area contributed by atoms with Crippen molar-refractivity contribution in [1.29, 1.82) is 0 Å². The summed E-state index contributed by atoms with van der Waals surface area (Å²) in [5.74, 6) is 0. The molecular weight excluding hydrogens is 272 g/mol. The minimum atomic E-state index is -0.00421. The van der Waals surface area contributed by atoms with Crippen LogP contribution in [0.3, 0.4) is 0 Å². The van der Waals surface area contributed by atoms with E-state index in [1.807, 2.05) is 23.6 Å². The first-order chi connectivity index (χ1) is 10.8. The van der Waals surface area contributed by atoms with Crippen molar-refractivity contribution >= 4 is 23.4 Å². The summed E-state index contributed by atoms with van der Waals surface area (Å²) in [6, 6.07) is 12.4. The second-order valence-corrected chi connectivity index (χ2v) is 5.48. The van der Waals surface area contributed by atoms with Crippen LogP contribution in [0.5, 0.6) is 0 Å². The maximum Gasteiger partial charge on any atom is 0.144 e. The van der Waals surface area contributed by atoms with Gasteiger partial charge in [-0.3, -0.25) is 0 Å². The van der Waals surface area contributed by atoms with Crippen molar-refractivity contribution in [2.24, 2.45) is 0 Å². The van der Waals surface area contributed by atoms with Crippen LogP contribution in [-0.2, 0) is 6.61 Å². The number of imidazole rings is 1. The smallest absolute Gasteiger partial charge is 0.144 e. The van der Waals surface area contributed by atoms with E-state index in [9.17, 15) is 5.11 Å². The van der Waals surface area contributed by atoms with Crippen LogP contribution in [0.15, 0.2) is 48.7 Å². The Morgan fingerprint density at radius 3 is 2.86 bits per heavy atom. The lowest BCUT2D eigenvalue weighted by atomic mass is 10.0. The highest BCUT2D eigenvalue weighted by atomic mass is 16.3. The fourth-order valence-electron chi connectivity index (χ4n) is 3.02. The first-order valence-electron chi connectivity index (χ1n) is 7.34. The van der Waals surface area contributed by atoms with Crippen LogP contribution in [-0.4, -0.2) is 14.5 Å². The quantitative estimate of drug-likeness (QED) is 0.780. The molecule has 0 unspecified atom stereocenters. The lowest BCUT2D eigenvalue weighted by Crippen LogP contribution is -1.94. The predicted octanol–water partition coefficient (Wildman–Crippen LogP) is 3.70. The Morgan fingerprint density at radius 1 is 1.14 bits per heavy atom. The molecule has 0 radical (unpaired) electrons. The van der Waals surface area contributed by atoms with E-state index in [1.54, 1.807) is 0 Å². The normalized spacial score (nSPS) is 14.9. The van der Waals surface area contributed by atoms with E-state index in [0.29, 0.717) is 0 Å². The lowest BCUT2D eigenvalue weighted by Gasteiger charge is -2.04. The van der Waals surface area contributed by atoms with Crippen molar-refractivity contribution in [3.05, 3.63) is 76.7 Å². The van der Waals surface area contributed by atoms with E-state index in [1.165, 1.54) is 16.7 Å². The van der Waals surface area contributed by atoms with Crippen molar-refractivity contribution in [1.82, 2.24) is 9.38 Å². The van der Waals surface area contributed by atoms with Crippen LogP contribution >= 0.6 is 0 Å². The van der Waals surface area contributed by atoms with Gasteiger partial charge in [-0.1, -0.05) is 36.4 Å². The van der Waals surface area contributed by atoms with Gasteiger partial charge in [0.25, 0.3) is 0 Å². The van der Waals surface area contributed by atoms with Crippen LogP contribution in [0.25, 0.3) is 23.4 Å². The predicted molar refractivity (Wildman–Crippen MR) is 89.2 cm³/mol. The zero-order valence-corrected chi connectivity index (χ0v) is 12.3. The molecule has 1 aliphatic carbocycles. The third kappa shape index (κ3) is 1.90. The van der Waals surface area contributed by atoms with Gasteiger partial charge < -0.3 is 9.51 Å². The Bertz CT molecular complexity index is 932. The Labute approximate surface area is 128 Å². The van der Waals surface area contributed by atoms with E-state index >= 15 is 0 Å². The number of pyridine rings is 1. The highest BCUT2D eigenvalue weighted by Gasteiger charge is 2.13. The Hall–Kier alpha value is -2.65. The Morgan fingerprint density at radius 2 is 2.00 bits per heavy atom. The second kappa shape index (κ2) is 4.97. The first kappa shape index (κ1) is 13.0. The number of allylic oxidation sites excluding steroid dienone is 2. The summed E-state index contributed by atoms with van der Waals surface area (Å²) < 4.78 is 1.96. The van der Waals surface area contributed by atoms with Gasteiger partial charge in [0, 0.05) is 11.8 Å². The molecule has 3 heteroatoms. The SMILES string of the molecule is Cc1nc2c(/C=C3\C=Cc4ccccc43)cccn2c1CO. The van der Waals surface area contributed by atoms with Crippen LogP contribution in [0.1, 0.15) is 28.1 Å². The van der Waals surface area contributed by atoms with Crippen molar-refractivity contribution in [2.75, 3.05) is 0 Å². The van der Waals surface area contributed by atoms with Crippen LogP contribution in [0, 0.1) is 6.92 Å². The fourth-order valence-corrected chi connectivity index (χ4v) is 3.02. The van der Waals surface area contributed by atoms with Gasteiger partial charge in [0.2, 0.25) is 0 Å². The van der Waals surface area contributed by atoms with Gasteiger partial charge in [-0.2, -0.15) is 0 Å². The van der Waals surface area contributed by atoms with Gasteiger partial charge in [-0.25, -0.2) is 4.98 Å². The second-order valence-electron chi connectivity index (χ2n) is 5.48. The third-order valence-corrected chi connectivity index (χ3v) is 4.15. The fraction of sp³-hybridized carbons (Fsp3) is 0.105. The number of hydrogen-bond donors (Lipinski definition) is 1. The summed E-state index contributed by atoms with van der Waals surface area (Å²) in [4.78, 5) is 4.62. The van der Waals surface area contributed by atoms with Gasteiger partial charge in [-0.05, 0) is 41.8 Å². The van der Waals surface area contributed by atoms with Crippen molar-refractivity contribution < 1.29 is 5.11 Å². The molecule has 0 spiro atoms. The van der Waals surface area contributed by atoms with E-state index in [4.69, 9.17) is 0 Å². The molecule has 108 valence electrons. The highest BCUT2D eigenvalue weighted by molar-refractivity contribution is 5.98. The van der Waals surface area contributed by atoms with Gasteiger partial charge in [0.15, 0.2) is 0 Å². The summed E-state index contributed by atoms with van der Waals surface area (Å²) in [5, 5.41) is 9.52. The van der Waals surface area contributed by atoms with Gasteiger partial charge in [0.05, 0.1) is 18.0 Å². The van der Waals surface area contributed by atoms with E-state index in [2.05, 4.69) is 53.5 Å². The largest absolute Gasteiger partial charge is 0.390 e. The molecule has 4 rings (SSSR count). The summed E-state index contributed by atoms with van der Waals surface area (Å²) in [6.45, 7) is 1.93. The summed E-state index contributed by atoms with van der Waals surface area (Å²) in [7, 11) is 0. The van der Waals surface area contributed by atoms with E-state index in [-0.39, 0.29) is 6.61 Å². The summed E-state index contributed by atoms with van der Waals surface area (Å²) in [6.07, 6.45) is 8.38. The number of aryl methyl sites for hydroxylation is 1. The van der Waals surface area contributed by atoms with Crippen LogP contribution in [0.4, 0.5) is 0 Å². The number of aliphatic hydroxyl groups is 1. The van der Waals surface area contributed by atoms with Gasteiger partial charge in [-0.15, -0.1) is 0 Å². The molecular formula is C19H16N2O. The number of benzene rings is 1. The zero-order chi connectivity index (χ0) is 15.1. The monoisotopic (exact) mass is 288 g/mol. The van der Waals surface area contributed by atoms with E-state index in [0.717, 1.165) is 22.6 Å². The number of rotatable bonds is 2. The van der Waals surface area contributed by atoms with Crippen molar-refractivity contribution in [2.45, 2.75) is 13.5 Å². The molecule has 0 bridgehead atoms. The molecule has 2 aromatic heterocycles. The number of aliphatic hydroxyl groups excluding tert-OH is 1.